The third-order valence-electron chi connectivity index (χ3n) is 6.52. The van der Waals surface area contributed by atoms with Gasteiger partial charge in [-0.25, -0.2) is 4.79 Å². The smallest absolute Gasteiger partial charge is 0.507 e. The summed E-state index contributed by atoms with van der Waals surface area (Å²) >= 11 is 4.27. The van der Waals surface area contributed by atoms with Crippen molar-refractivity contribution in [3.63, 3.8) is 0 Å². The zero-order chi connectivity index (χ0) is 42.4. The summed E-state index contributed by atoms with van der Waals surface area (Å²) in [4.78, 5) is 9.80. The molecule has 0 unspecified atom stereocenters. The summed E-state index contributed by atoms with van der Waals surface area (Å²) in [7, 11) is 0. The number of cyclic esters (lactones) is 2. The lowest BCUT2D eigenvalue weighted by molar-refractivity contribution is 0.131. The first-order chi connectivity index (χ1) is 27.7. The molecule has 1 aliphatic rings. The largest absolute Gasteiger partial charge is 0.508 e. The van der Waals surface area contributed by atoms with Gasteiger partial charge in [0.1, 0.15) is 56.0 Å². The van der Waals surface area contributed by atoms with Crippen LogP contribution in [0.5, 0.6) is 23.0 Å². The molecule has 1 saturated heterocycles. The number of carbonyl (C=O) groups is 1. The van der Waals surface area contributed by atoms with E-state index in [-0.39, 0.29) is 19.8 Å². The first kappa shape index (κ1) is 52.8. The minimum atomic E-state index is -0.546. The van der Waals surface area contributed by atoms with Crippen LogP contribution in [0.15, 0.2) is 97.1 Å². The van der Waals surface area contributed by atoms with Crippen LogP contribution in [0.1, 0.15) is 57.6 Å². The summed E-state index contributed by atoms with van der Waals surface area (Å²) in [6.07, 6.45) is 9.33. The average molecular weight is 1010 g/mol. The molecule has 1 fully saturated rings. The predicted octanol–water partition coefficient (Wildman–Crippen LogP) is 9.06. The van der Waals surface area contributed by atoms with Crippen molar-refractivity contribution in [1.29, 1.82) is 0 Å². The number of phenols is 1. The van der Waals surface area contributed by atoms with E-state index >= 15 is 0 Å². The van der Waals surface area contributed by atoms with Crippen molar-refractivity contribution in [2.24, 2.45) is 0 Å². The van der Waals surface area contributed by atoms with Gasteiger partial charge in [-0.1, -0.05) is 93.6 Å². The molecule has 0 aliphatic carbocycles. The first-order valence-electron chi connectivity index (χ1n) is 18.5. The zero-order valence-electron chi connectivity index (χ0n) is 33.0. The molecule has 1 aliphatic heterocycles. The Morgan fingerprint density at radius 2 is 1.14 bits per heavy atom. The van der Waals surface area contributed by atoms with E-state index in [4.69, 9.17) is 41.1 Å². The van der Waals surface area contributed by atoms with Gasteiger partial charge in [0.2, 0.25) is 0 Å². The number of aliphatic hydroxyl groups excluding tert-OH is 3. The molecule has 10 nitrogen and oxygen atoms in total. The Labute approximate surface area is 366 Å². The number of halogens is 2. The topological polar surface area (TPSA) is 144 Å². The number of unbranched alkanes of at least 4 members (excludes halogenated alkanes) is 1. The highest BCUT2D eigenvalue weighted by molar-refractivity contribution is 14.1. The molecular formula is C45H56I2O10. The second-order valence-corrected chi connectivity index (χ2v) is 13.3. The van der Waals surface area contributed by atoms with Crippen LogP contribution in [0.4, 0.5) is 4.79 Å². The highest BCUT2D eigenvalue weighted by Gasteiger charge is 2.09. The fourth-order valence-corrected chi connectivity index (χ4v) is 4.80. The lowest BCUT2D eigenvalue weighted by Gasteiger charge is -2.09. The second-order valence-electron chi connectivity index (χ2n) is 11.0. The van der Waals surface area contributed by atoms with Gasteiger partial charge in [-0.15, -0.1) is 12.3 Å². The maximum absolute atomic E-state index is 9.80. The molecule has 1 heterocycles. The molecule has 12 heteroatoms. The van der Waals surface area contributed by atoms with Gasteiger partial charge in [-0.2, -0.15) is 0 Å². The fraction of sp³-hybridized carbons (Fsp3) is 0.356. The van der Waals surface area contributed by atoms with Crippen molar-refractivity contribution < 1.29 is 48.9 Å². The van der Waals surface area contributed by atoms with Crippen LogP contribution in [-0.2, 0) is 15.9 Å². The molecule has 0 saturated carbocycles. The molecule has 0 spiro atoms. The maximum atomic E-state index is 9.80. The van der Waals surface area contributed by atoms with Crippen molar-refractivity contribution in [2.75, 3.05) is 52.9 Å². The number of benzene rings is 4. The van der Waals surface area contributed by atoms with Gasteiger partial charge >= 0.3 is 6.16 Å². The molecule has 4 aromatic carbocycles. The van der Waals surface area contributed by atoms with Crippen LogP contribution in [-0.4, -0.2) is 79.4 Å². The molecule has 0 atom stereocenters. The number of rotatable bonds is 12. The number of carbonyl (C=O) groups excluding carboxylic acids is 1. The van der Waals surface area contributed by atoms with Gasteiger partial charge in [0, 0.05) is 12.8 Å². The van der Waals surface area contributed by atoms with Crippen LogP contribution in [0, 0.1) is 31.3 Å². The van der Waals surface area contributed by atoms with Gasteiger partial charge in [-0.05, 0) is 106 Å². The lowest BCUT2D eigenvalue weighted by atomic mass is 10.1. The number of hydrogen-bond acceptors (Lipinski definition) is 10. The first-order valence-corrected chi connectivity index (χ1v) is 20.7. The summed E-state index contributed by atoms with van der Waals surface area (Å²) in [5.41, 5.74) is 2.12. The Morgan fingerprint density at radius 1 is 0.667 bits per heavy atom. The lowest BCUT2D eigenvalue weighted by Crippen LogP contribution is -2.03. The minimum absolute atomic E-state index is 0.0234. The molecule has 310 valence electrons. The monoisotopic (exact) mass is 1010 g/mol. The number of terminal acetylenes is 1. The molecule has 4 N–H and O–H groups in total. The van der Waals surface area contributed by atoms with E-state index in [1.807, 2.05) is 92.7 Å². The van der Waals surface area contributed by atoms with Gasteiger partial charge in [0.25, 0.3) is 0 Å². The molecule has 0 amide bonds. The van der Waals surface area contributed by atoms with Crippen molar-refractivity contribution in [3.8, 4) is 47.2 Å². The Bertz CT molecular complexity index is 1660. The number of phenolic OH excluding ortho intramolecular Hbond substituents is 1. The van der Waals surface area contributed by atoms with E-state index in [1.165, 1.54) is 18.4 Å². The highest BCUT2D eigenvalue weighted by atomic mass is 127. The fourth-order valence-electron chi connectivity index (χ4n) is 3.87. The number of aryl methyl sites for hydroxylation is 1. The number of hydrogen-bond donors (Lipinski definition) is 4. The van der Waals surface area contributed by atoms with E-state index in [1.54, 1.807) is 12.1 Å². The maximum Gasteiger partial charge on any atom is 0.508 e. The van der Waals surface area contributed by atoms with E-state index in [0.717, 1.165) is 49.2 Å². The van der Waals surface area contributed by atoms with E-state index in [9.17, 15) is 4.79 Å². The van der Waals surface area contributed by atoms with Crippen LogP contribution < -0.4 is 14.2 Å². The second kappa shape index (κ2) is 37.4. The van der Waals surface area contributed by atoms with Gasteiger partial charge < -0.3 is 44.1 Å². The number of aliphatic hydroxyl groups is 3. The number of ether oxygens (including phenoxy) is 5. The SMILES string of the molecule is C#CCC.CCC#Cc1ccccc1OCCO.CCCCc1ccccc1OCCO.O=C1OCCO1.OCCOc1ccccc1I.Oc1ccccc1I. The van der Waals surface area contributed by atoms with Crippen LogP contribution in [0.2, 0.25) is 0 Å². The normalized spacial score (nSPS) is 10.3. The summed E-state index contributed by atoms with van der Waals surface area (Å²) in [5, 5.41) is 34.7. The highest BCUT2D eigenvalue weighted by Crippen LogP contribution is 2.21. The van der Waals surface area contributed by atoms with Crippen molar-refractivity contribution >= 4 is 51.3 Å². The van der Waals surface area contributed by atoms with Gasteiger partial charge in [-0.3, -0.25) is 0 Å². The number of para-hydroxylation sites is 4. The van der Waals surface area contributed by atoms with Crippen LogP contribution in [0.3, 0.4) is 0 Å². The van der Waals surface area contributed by atoms with Crippen LogP contribution in [0.25, 0.3) is 0 Å². The van der Waals surface area contributed by atoms with Gasteiger partial charge in [0.05, 0.1) is 32.5 Å². The molecule has 0 bridgehead atoms. The average Bonchev–Trinajstić information content (AvgIpc) is 3.73. The standard InChI is InChI=1S/C12H18O2.C12H14O2.C8H9IO2.C6H5IO.C4H6.C3H4O3/c2*1-2-3-6-11-7-4-5-8-12(11)14-10-9-13;9-7-3-1-2-4-8(7)11-6-5-10;7-5-3-1-2-4-6(5)8;1-3-4-2;4-3-5-1-2-6-3/h4-5,7-8,13H,2-3,6,9-10H2,1H3;4-5,7-8,13H,2,9-10H2,1H3;1-4,10H,5-6H2;1-4,8H;1H,4H2,2H3;1-2H2. The summed E-state index contributed by atoms with van der Waals surface area (Å²) in [6.45, 7) is 8.16. The third-order valence-corrected chi connectivity index (χ3v) is 8.33. The molecule has 57 heavy (non-hydrogen) atoms. The van der Waals surface area contributed by atoms with E-state index in [0.29, 0.717) is 38.8 Å². The zero-order valence-corrected chi connectivity index (χ0v) is 37.3. The summed E-state index contributed by atoms with van der Waals surface area (Å²) < 4.78 is 26.5. The minimum Gasteiger partial charge on any atom is -0.507 e. The molecule has 5 rings (SSSR count). The van der Waals surface area contributed by atoms with E-state index in [2.05, 4.69) is 85.4 Å². The van der Waals surface area contributed by atoms with Crippen molar-refractivity contribution in [2.45, 2.75) is 52.9 Å². The van der Waals surface area contributed by atoms with Crippen LogP contribution >= 0.6 is 45.2 Å². The Morgan fingerprint density at radius 3 is 1.60 bits per heavy atom. The number of aromatic hydroxyl groups is 1. The quantitative estimate of drug-likeness (QED) is 0.0617. The Balaban J connectivity index is 0.000000688. The van der Waals surface area contributed by atoms with Crippen molar-refractivity contribution in [1.82, 2.24) is 0 Å². The molecule has 0 aromatic heterocycles. The molecule has 4 aromatic rings. The summed E-state index contributed by atoms with van der Waals surface area (Å²) in [5.74, 6) is 11.3. The van der Waals surface area contributed by atoms with E-state index < -0.39 is 6.16 Å². The summed E-state index contributed by atoms with van der Waals surface area (Å²) in [6, 6.07) is 30.5. The Kier molecular flexibility index (Phi) is 34.6. The third kappa shape index (κ3) is 28.0. The molecular weight excluding hydrogens is 954 g/mol. The van der Waals surface area contributed by atoms with Gasteiger partial charge in [0.15, 0.2) is 0 Å². The predicted molar refractivity (Wildman–Crippen MR) is 243 cm³/mol. The Hall–Kier alpha value is -4.19. The molecule has 0 radical (unpaired) electrons. The van der Waals surface area contributed by atoms with Crippen molar-refractivity contribution in [3.05, 3.63) is 115 Å².